The summed E-state index contributed by atoms with van der Waals surface area (Å²) < 4.78 is 5.38. The number of ketones is 1. The molecule has 132 valence electrons. The molecule has 3 rings (SSSR count). The quantitative estimate of drug-likeness (QED) is 0.616. The van der Waals surface area contributed by atoms with Crippen LogP contribution in [0.15, 0.2) is 60.0 Å². The third-order valence-corrected chi connectivity index (χ3v) is 4.48. The van der Waals surface area contributed by atoms with Gasteiger partial charge in [-0.3, -0.25) is 14.9 Å². The molecule has 0 unspecified atom stereocenters. The molecule has 26 heavy (non-hydrogen) atoms. The Hall–Kier alpha value is -2.70. The van der Waals surface area contributed by atoms with Crippen LogP contribution in [0.1, 0.15) is 16.1 Å². The highest BCUT2D eigenvalue weighted by Gasteiger charge is 2.11. The van der Waals surface area contributed by atoms with Gasteiger partial charge in [0.1, 0.15) is 5.75 Å². The number of halogens is 1. The van der Waals surface area contributed by atoms with Gasteiger partial charge < -0.3 is 4.74 Å². The van der Waals surface area contributed by atoms with Crippen LogP contribution in [-0.2, 0) is 11.2 Å². The minimum absolute atomic E-state index is 0.0140. The molecule has 0 aliphatic heterocycles. The highest BCUT2D eigenvalue weighted by molar-refractivity contribution is 7.13. The summed E-state index contributed by atoms with van der Waals surface area (Å²) in [6.07, 6.45) is 0.192. The third-order valence-electron chi connectivity index (χ3n) is 3.42. The summed E-state index contributed by atoms with van der Waals surface area (Å²) in [6, 6.07) is 15.8. The number of hydrogen-bond acceptors (Lipinski definition) is 5. The zero-order valence-electron chi connectivity index (χ0n) is 13.6. The number of benzene rings is 2. The summed E-state index contributed by atoms with van der Waals surface area (Å²) in [4.78, 5) is 28.4. The maximum absolute atomic E-state index is 12.2. The number of aromatic nitrogens is 1. The summed E-state index contributed by atoms with van der Waals surface area (Å²) in [5, 5.41) is 5.46. The number of nitrogens with one attached hydrogen (secondary N) is 1. The van der Waals surface area contributed by atoms with Gasteiger partial charge >= 0.3 is 0 Å². The van der Waals surface area contributed by atoms with Crippen LogP contribution in [0.3, 0.4) is 0 Å². The van der Waals surface area contributed by atoms with Crippen LogP contribution >= 0.6 is 22.9 Å². The molecular formula is C19H15ClN2O3S. The lowest BCUT2D eigenvalue weighted by atomic mass is 10.1. The van der Waals surface area contributed by atoms with E-state index in [0.29, 0.717) is 27.2 Å². The van der Waals surface area contributed by atoms with Crippen molar-refractivity contribution in [1.82, 2.24) is 4.98 Å². The average Bonchev–Trinajstić information content (AvgIpc) is 3.08. The van der Waals surface area contributed by atoms with Gasteiger partial charge in [-0.25, -0.2) is 4.98 Å². The fourth-order valence-corrected chi connectivity index (χ4v) is 3.02. The van der Waals surface area contributed by atoms with Crippen molar-refractivity contribution < 1.29 is 14.3 Å². The number of thiazole rings is 1. The topological polar surface area (TPSA) is 68.3 Å². The SMILES string of the molecule is O=C(COc1ccc(Cl)cc1)Nc1nc(CC(=O)c2ccccc2)cs1. The standard InChI is InChI=1S/C19H15ClN2O3S/c20-14-6-8-16(9-7-14)25-11-18(24)22-19-21-15(12-26-19)10-17(23)13-4-2-1-3-5-13/h1-9,12H,10-11H2,(H,21,22,24). The van der Waals surface area contributed by atoms with E-state index in [1.165, 1.54) is 11.3 Å². The molecule has 0 aliphatic carbocycles. The molecule has 0 radical (unpaired) electrons. The lowest BCUT2D eigenvalue weighted by Gasteiger charge is -2.05. The second-order valence-corrected chi connectivity index (χ2v) is 6.70. The average molecular weight is 387 g/mol. The molecule has 0 bridgehead atoms. The number of amides is 1. The highest BCUT2D eigenvalue weighted by atomic mass is 35.5. The minimum Gasteiger partial charge on any atom is -0.484 e. The second-order valence-electron chi connectivity index (χ2n) is 5.40. The fraction of sp³-hybridized carbons (Fsp3) is 0.105. The molecule has 2 aromatic carbocycles. The summed E-state index contributed by atoms with van der Waals surface area (Å²) in [5.74, 6) is 0.216. The van der Waals surface area contributed by atoms with Gasteiger partial charge in [0.15, 0.2) is 17.5 Å². The number of anilines is 1. The van der Waals surface area contributed by atoms with Gasteiger partial charge in [0.2, 0.25) is 0 Å². The molecule has 0 atom stereocenters. The van der Waals surface area contributed by atoms with Crippen molar-refractivity contribution in [2.45, 2.75) is 6.42 Å². The molecule has 0 saturated carbocycles. The van der Waals surface area contributed by atoms with Crippen LogP contribution in [-0.4, -0.2) is 23.3 Å². The van der Waals surface area contributed by atoms with Crippen LogP contribution in [0.2, 0.25) is 5.02 Å². The van der Waals surface area contributed by atoms with E-state index in [-0.39, 0.29) is 24.7 Å². The number of carbonyl (C=O) groups is 2. The fourth-order valence-electron chi connectivity index (χ4n) is 2.17. The van der Waals surface area contributed by atoms with E-state index in [0.717, 1.165) is 0 Å². The Morgan fingerprint density at radius 3 is 2.54 bits per heavy atom. The van der Waals surface area contributed by atoms with Crippen LogP contribution in [0.4, 0.5) is 5.13 Å². The van der Waals surface area contributed by atoms with Crippen LogP contribution < -0.4 is 10.1 Å². The van der Waals surface area contributed by atoms with Crippen molar-refractivity contribution in [3.63, 3.8) is 0 Å². The smallest absolute Gasteiger partial charge is 0.264 e. The van der Waals surface area contributed by atoms with Crippen LogP contribution in [0.25, 0.3) is 0 Å². The minimum atomic E-state index is -0.324. The summed E-state index contributed by atoms with van der Waals surface area (Å²) >= 11 is 7.06. The molecule has 1 amide bonds. The predicted octanol–water partition coefficient (Wildman–Crippen LogP) is 4.24. The summed E-state index contributed by atoms with van der Waals surface area (Å²) in [5.41, 5.74) is 1.26. The Kier molecular flexibility index (Phi) is 5.99. The van der Waals surface area contributed by atoms with Crippen LogP contribution in [0, 0.1) is 0 Å². The van der Waals surface area contributed by atoms with E-state index >= 15 is 0 Å². The number of carbonyl (C=O) groups excluding carboxylic acids is 2. The maximum atomic E-state index is 12.2. The Morgan fingerprint density at radius 1 is 1.08 bits per heavy atom. The maximum Gasteiger partial charge on any atom is 0.264 e. The molecule has 5 nitrogen and oxygen atoms in total. The zero-order chi connectivity index (χ0) is 18.4. The first kappa shape index (κ1) is 18.1. The number of nitrogens with zero attached hydrogens (tertiary/aromatic N) is 1. The Balaban J connectivity index is 1.50. The Labute approximate surface area is 159 Å². The van der Waals surface area contributed by atoms with E-state index in [1.807, 2.05) is 18.2 Å². The van der Waals surface area contributed by atoms with Crippen molar-refractivity contribution in [2.75, 3.05) is 11.9 Å². The highest BCUT2D eigenvalue weighted by Crippen LogP contribution is 2.18. The molecular weight excluding hydrogens is 372 g/mol. The van der Waals surface area contributed by atoms with E-state index in [1.54, 1.807) is 41.8 Å². The van der Waals surface area contributed by atoms with E-state index in [4.69, 9.17) is 16.3 Å². The molecule has 1 aromatic heterocycles. The van der Waals surface area contributed by atoms with Crippen LogP contribution in [0.5, 0.6) is 5.75 Å². The van der Waals surface area contributed by atoms with Crippen molar-refractivity contribution in [3.8, 4) is 5.75 Å². The molecule has 0 saturated heterocycles. The lowest BCUT2D eigenvalue weighted by molar-refractivity contribution is -0.118. The van der Waals surface area contributed by atoms with Gasteiger partial charge in [0.25, 0.3) is 5.91 Å². The number of ether oxygens (including phenoxy) is 1. The number of hydrogen-bond donors (Lipinski definition) is 1. The molecule has 0 aliphatic rings. The first-order valence-corrected chi connectivity index (χ1v) is 9.07. The Morgan fingerprint density at radius 2 is 1.81 bits per heavy atom. The summed E-state index contributed by atoms with van der Waals surface area (Å²) in [6.45, 7) is -0.139. The van der Waals surface area contributed by atoms with Gasteiger partial charge in [0.05, 0.1) is 12.1 Å². The monoisotopic (exact) mass is 386 g/mol. The number of Topliss-reactive ketones (excluding diaryl/α,β-unsaturated/α-hetero) is 1. The van der Waals surface area contributed by atoms with Crippen molar-refractivity contribution in [3.05, 3.63) is 76.3 Å². The zero-order valence-corrected chi connectivity index (χ0v) is 15.2. The Bertz CT molecular complexity index is 895. The van der Waals surface area contributed by atoms with E-state index < -0.39 is 0 Å². The van der Waals surface area contributed by atoms with Crippen molar-refractivity contribution in [1.29, 1.82) is 0 Å². The second kappa shape index (κ2) is 8.60. The van der Waals surface area contributed by atoms with Gasteiger partial charge in [-0.2, -0.15) is 0 Å². The largest absolute Gasteiger partial charge is 0.484 e. The van der Waals surface area contributed by atoms with Gasteiger partial charge in [0, 0.05) is 16.0 Å². The molecule has 0 spiro atoms. The first-order valence-electron chi connectivity index (χ1n) is 7.81. The number of rotatable bonds is 7. The normalized spacial score (nSPS) is 10.3. The third kappa shape index (κ3) is 5.15. The van der Waals surface area contributed by atoms with E-state index in [9.17, 15) is 9.59 Å². The predicted molar refractivity (Wildman–Crippen MR) is 102 cm³/mol. The first-order chi connectivity index (χ1) is 12.6. The molecule has 1 heterocycles. The van der Waals surface area contributed by atoms with Crippen molar-refractivity contribution in [2.24, 2.45) is 0 Å². The lowest BCUT2D eigenvalue weighted by Crippen LogP contribution is -2.20. The van der Waals surface area contributed by atoms with Gasteiger partial charge in [-0.1, -0.05) is 41.9 Å². The summed E-state index contributed by atoms with van der Waals surface area (Å²) in [7, 11) is 0. The molecule has 0 fully saturated rings. The molecule has 7 heteroatoms. The van der Waals surface area contributed by atoms with Gasteiger partial charge in [-0.05, 0) is 24.3 Å². The van der Waals surface area contributed by atoms with Gasteiger partial charge in [-0.15, -0.1) is 11.3 Å². The van der Waals surface area contributed by atoms with E-state index in [2.05, 4.69) is 10.3 Å². The van der Waals surface area contributed by atoms with Crippen molar-refractivity contribution >= 4 is 39.8 Å². The molecule has 3 aromatic rings. The molecule has 1 N–H and O–H groups in total.